The van der Waals surface area contributed by atoms with Crippen molar-refractivity contribution in [3.05, 3.63) is 0 Å². The molecule has 0 atom stereocenters. The Morgan fingerprint density at radius 3 is 2.59 bits per heavy atom. The van der Waals surface area contributed by atoms with Crippen LogP contribution < -0.4 is 5.32 Å². The highest BCUT2D eigenvalue weighted by molar-refractivity contribution is 7.92. The standard InChI is InChI=1S/C15H32N4O2S/c1-6-7-9-18(5)10-8-17-14(16-4)19-11-12-22(20,21)15(2,3)13-19/h6-13H2,1-5H3,(H,16,17). The van der Waals surface area contributed by atoms with Gasteiger partial charge in [0.05, 0.1) is 10.5 Å². The molecule has 22 heavy (non-hydrogen) atoms. The molecule has 0 aromatic carbocycles. The highest BCUT2D eigenvalue weighted by Gasteiger charge is 2.40. The van der Waals surface area contributed by atoms with Crippen LogP contribution in [0, 0.1) is 0 Å². The van der Waals surface area contributed by atoms with Gasteiger partial charge in [0.25, 0.3) is 0 Å². The molecule has 1 N–H and O–H groups in total. The summed E-state index contributed by atoms with van der Waals surface area (Å²) < 4.78 is 23.4. The van der Waals surface area contributed by atoms with Crippen molar-refractivity contribution < 1.29 is 8.42 Å². The first-order valence-corrected chi connectivity index (χ1v) is 9.75. The van der Waals surface area contributed by atoms with E-state index in [2.05, 4.69) is 29.2 Å². The third-order valence-electron chi connectivity index (χ3n) is 4.22. The van der Waals surface area contributed by atoms with Crippen molar-refractivity contribution in [1.82, 2.24) is 15.1 Å². The SMILES string of the molecule is CCCCN(C)CCNC(=NC)N1CCS(=O)(=O)C(C)(C)C1. The molecule has 0 aromatic rings. The number of hydrogen-bond acceptors (Lipinski definition) is 4. The van der Waals surface area contributed by atoms with E-state index in [0.29, 0.717) is 13.1 Å². The number of hydrogen-bond donors (Lipinski definition) is 1. The second-order valence-corrected chi connectivity index (χ2v) is 9.37. The molecular formula is C15H32N4O2S. The third kappa shape index (κ3) is 5.12. The Labute approximate surface area is 135 Å². The summed E-state index contributed by atoms with van der Waals surface area (Å²) in [6.07, 6.45) is 2.42. The number of nitrogens with zero attached hydrogens (tertiary/aromatic N) is 3. The lowest BCUT2D eigenvalue weighted by molar-refractivity contribution is 0.323. The van der Waals surface area contributed by atoms with Crippen molar-refractivity contribution in [3.8, 4) is 0 Å². The van der Waals surface area contributed by atoms with Crippen LogP contribution in [0.4, 0.5) is 0 Å². The van der Waals surface area contributed by atoms with Crippen LogP contribution in [0.3, 0.4) is 0 Å². The van der Waals surface area contributed by atoms with Crippen molar-refractivity contribution in [2.45, 2.75) is 38.4 Å². The zero-order valence-electron chi connectivity index (χ0n) is 14.7. The Kier molecular flexibility index (Phi) is 7.12. The fraction of sp³-hybridized carbons (Fsp3) is 0.933. The van der Waals surface area contributed by atoms with E-state index in [4.69, 9.17) is 0 Å². The Balaban J connectivity index is 2.49. The molecule has 1 rings (SSSR count). The van der Waals surface area contributed by atoms with Gasteiger partial charge in [-0.3, -0.25) is 4.99 Å². The Morgan fingerprint density at radius 2 is 2.05 bits per heavy atom. The predicted molar refractivity (Wildman–Crippen MR) is 93.2 cm³/mol. The first-order valence-electron chi connectivity index (χ1n) is 8.10. The van der Waals surface area contributed by atoms with Gasteiger partial charge in [0.2, 0.25) is 0 Å². The number of guanidine groups is 1. The zero-order chi connectivity index (χ0) is 16.8. The quantitative estimate of drug-likeness (QED) is 0.576. The summed E-state index contributed by atoms with van der Waals surface area (Å²) in [4.78, 5) is 8.65. The maximum absolute atomic E-state index is 12.1. The second kappa shape index (κ2) is 8.15. The second-order valence-electron chi connectivity index (χ2n) is 6.63. The highest BCUT2D eigenvalue weighted by Crippen LogP contribution is 2.23. The molecule has 0 aromatic heterocycles. The average molecular weight is 333 g/mol. The molecular weight excluding hydrogens is 300 g/mol. The van der Waals surface area contributed by atoms with Gasteiger partial charge >= 0.3 is 0 Å². The first-order chi connectivity index (χ1) is 10.2. The summed E-state index contributed by atoms with van der Waals surface area (Å²) in [6.45, 7) is 9.65. The lowest BCUT2D eigenvalue weighted by Crippen LogP contribution is -2.57. The number of aliphatic imine (C=N–C) groups is 1. The maximum atomic E-state index is 12.1. The molecule has 130 valence electrons. The van der Waals surface area contributed by atoms with Crippen molar-refractivity contribution in [3.63, 3.8) is 0 Å². The fourth-order valence-electron chi connectivity index (χ4n) is 2.56. The van der Waals surface area contributed by atoms with E-state index in [9.17, 15) is 8.42 Å². The zero-order valence-corrected chi connectivity index (χ0v) is 15.5. The van der Waals surface area contributed by atoms with Crippen LogP contribution in [-0.2, 0) is 9.84 Å². The molecule has 7 heteroatoms. The number of unbranched alkanes of at least 4 members (excludes halogenated alkanes) is 1. The van der Waals surface area contributed by atoms with Crippen LogP contribution in [0.25, 0.3) is 0 Å². The molecule has 0 spiro atoms. The van der Waals surface area contributed by atoms with Crippen molar-refractivity contribution >= 4 is 15.8 Å². The summed E-state index contributed by atoms with van der Waals surface area (Å²) in [6, 6.07) is 0. The van der Waals surface area contributed by atoms with E-state index in [0.717, 1.165) is 25.6 Å². The Morgan fingerprint density at radius 1 is 1.36 bits per heavy atom. The van der Waals surface area contributed by atoms with Crippen molar-refractivity contribution in [1.29, 1.82) is 0 Å². The molecule has 1 heterocycles. The summed E-state index contributed by atoms with van der Waals surface area (Å²) >= 11 is 0. The third-order valence-corrected chi connectivity index (χ3v) is 6.76. The van der Waals surface area contributed by atoms with Gasteiger partial charge in [0, 0.05) is 33.2 Å². The maximum Gasteiger partial charge on any atom is 0.193 e. The normalized spacial score (nSPS) is 21.2. The van der Waals surface area contributed by atoms with Gasteiger partial charge in [0.15, 0.2) is 15.8 Å². The minimum absolute atomic E-state index is 0.192. The van der Waals surface area contributed by atoms with Gasteiger partial charge in [-0.15, -0.1) is 0 Å². The first kappa shape index (κ1) is 19.2. The highest BCUT2D eigenvalue weighted by atomic mass is 32.2. The van der Waals surface area contributed by atoms with E-state index < -0.39 is 14.6 Å². The summed E-state index contributed by atoms with van der Waals surface area (Å²) in [5.74, 6) is 0.990. The minimum atomic E-state index is -3.01. The van der Waals surface area contributed by atoms with Gasteiger partial charge in [0.1, 0.15) is 0 Å². The molecule has 0 bridgehead atoms. The lowest BCUT2D eigenvalue weighted by Gasteiger charge is -2.39. The van der Waals surface area contributed by atoms with Crippen molar-refractivity contribution in [2.24, 2.45) is 4.99 Å². The molecule has 1 fully saturated rings. The lowest BCUT2D eigenvalue weighted by atomic mass is 10.2. The van der Waals surface area contributed by atoms with E-state index in [1.54, 1.807) is 20.9 Å². The topological polar surface area (TPSA) is 65.0 Å². The van der Waals surface area contributed by atoms with Crippen molar-refractivity contribution in [2.75, 3.05) is 52.6 Å². The van der Waals surface area contributed by atoms with Gasteiger partial charge in [-0.05, 0) is 33.9 Å². The minimum Gasteiger partial charge on any atom is -0.355 e. The summed E-state index contributed by atoms with van der Waals surface area (Å²) in [7, 11) is 0.858. The van der Waals surface area contributed by atoms with E-state index in [1.165, 1.54) is 12.8 Å². The van der Waals surface area contributed by atoms with Crippen LogP contribution in [0.1, 0.15) is 33.6 Å². The molecule has 0 unspecified atom stereocenters. The van der Waals surface area contributed by atoms with E-state index in [1.807, 2.05) is 4.90 Å². The Hall–Kier alpha value is -0.820. The number of rotatable bonds is 6. The van der Waals surface area contributed by atoms with Gasteiger partial charge < -0.3 is 15.1 Å². The molecule has 1 saturated heterocycles. The van der Waals surface area contributed by atoms with Gasteiger partial charge in [-0.2, -0.15) is 0 Å². The smallest absolute Gasteiger partial charge is 0.193 e. The molecule has 0 radical (unpaired) electrons. The number of sulfone groups is 1. The summed E-state index contributed by atoms with van der Waals surface area (Å²) in [5.41, 5.74) is 0. The summed E-state index contributed by atoms with van der Waals surface area (Å²) in [5, 5.41) is 3.35. The van der Waals surface area contributed by atoms with Crippen LogP contribution >= 0.6 is 0 Å². The largest absolute Gasteiger partial charge is 0.355 e. The average Bonchev–Trinajstić information content (AvgIpc) is 2.44. The van der Waals surface area contributed by atoms with E-state index in [-0.39, 0.29) is 5.75 Å². The molecule has 1 aliphatic heterocycles. The van der Waals surface area contributed by atoms with Crippen LogP contribution in [0.5, 0.6) is 0 Å². The fourth-order valence-corrected chi connectivity index (χ4v) is 3.92. The monoisotopic (exact) mass is 332 g/mol. The van der Waals surface area contributed by atoms with Crippen LogP contribution in [0.2, 0.25) is 0 Å². The van der Waals surface area contributed by atoms with Gasteiger partial charge in [-0.1, -0.05) is 13.3 Å². The van der Waals surface area contributed by atoms with E-state index >= 15 is 0 Å². The molecule has 6 nitrogen and oxygen atoms in total. The van der Waals surface area contributed by atoms with Crippen LogP contribution in [0.15, 0.2) is 4.99 Å². The van der Waals surface area contributed by atoms with Gasteiger partial charge in [-0.25, -0.2) is 8.42 Å². The molecule has 0 amide bonds. The molecule has 0 aliphatic carbocycles. The number of likely N-dealkylation sites (N-methyl/N-ethyl adjacent to an activating group) is 1. The van der Waals surface area contributed by atoms with Crippen LogP contribution in [-0.4, -0.2) is 81.5 Å². The molecule has 1 aliphatic rings. The Bertz CT molecular complexity index is 474. The number of nitrogens with one attached hydrogen (secondary N) is 1. The predicted octanol–water partition coefficient (Wildman–Crippen LogP) is 0.803. The molecule has 0 saturated carbocycles.